The number of sulfone groups is 1. The molecule has 6 nitrogen and oxygen atoms in total. The van der Waals surface area contributed by atoms with E-state index in [0.717, 1.165) is 22.1 Å². The van der Waals surface area contributed by atoms with Crippen molar-refractivity contribution < 1.29 is 8.42 Å². The van der Waals surface area contributed by atoms with Gasteiger partial charge in [0.25, 0.3) is 0 Å². The van der Waals surface area contributed by atoms with Crippen LogP contribution in [0.3, 0.4) is 0 Å². The predicted octanol–water partition coefficient (Wildman–Crippen LogP) is 1.92. The molecule has 0 atom stereocenters. The molecule has 2 N–H and O–H groups in total. The normalized spacial score (nSPS) is 11.8. The first-order chi connectivity index (χ1) is 9.36. The summed E-state index contributed by atoms with van der Waals surface area (Å²) in [7, 11) is -1.55. The molecule has 0 aliphatic rings. The number of hydrogen-bond donors (Lipinski definition) is 1. The Hall–Kier alpha value is -1.19. The summed E-state index contributed by atoms with van der Waals surface area (Å²) in [5.41, 5.74) is 8.47. The Morgan fingerprint density at radius 3 is 2.70 bits per heavy atom. The molecular formula is C11H16N4O2S3. The van der Waals surface area contributed by atoms with E-state index < -0.39 is 9.84 Å². The van der Waals surface area contributed by atoms with E-state index in [-0.39, 0.29) is 16.5 Å². The first kappa shape index (κ1) is 15.2. The van der Waals surface area contributed by atoms with Crippen LogP contribution < -0.4 is 10.6 Å². The molecule has 0 aromatic carbocycles. The van der Waals surface area contributed by atoms with Crippen molar-refractivity contribution in [2.24, 2.45) is 0 Å². The van der Waals surface area contributed by atoms with Crippen LogP contribution in [-0.2, 0) is 16.4 Å². The second-order valence-corrected chi connectivity index (χ2v) is 8.23. The van der Waals surface area contributed by atoms with E-state index >= 15 is 0 Å². The smallest absolute Gasteiger partial charge is 0.184 e. The summed E-state index contributed by atoms with van der Waals surface area (Å²) in [4.78, 5) is 7.30. The zero-order valence-corrected chi connectivity index (χ0v) is 13.9. The van der Waals surface area contributed by atoms with Crippen molar-refractivity contribution >= 4 is 43.5 Å². The standard InChI is InChI=1S/C11H16N4O2S3/c1-4-20(16,17)9-10(12)14-19-11(9)15(3)5-8-7(2)13-6-18-8/h6H,4-5H2,1-3H3,(H2,12,14). The van der Waals surface area contributed by atoms with Crippen molar-refractivity contribution in [3.8, 4) is 0 Å². The molecular weight excluding hydrogens is 316 g/mol. The van der Waals surface area contributed by atoms with Crippen molar-refractivity contribution in [3.05, 3.63) is 16.1 Å². The molecule has 0 saturated carbocycles. The molecule has 0 fully saturated rings. The number of aromatic nitrogens is 2. The van der Waals surface area contributed by atoms with Crippen molar-refractivity contribution in [1.29, 1.82) is 0 Å². The summed E-state index contributed by atoms with van der Waals surface area (Å²) in [5, 5.41) is 0.581. The van der Waals surface area contributed by atoms with Crippen molar-refractivity contribution in [3.63, 3.8) is 0 Å². The highest BCUT2D eigenvalue weighted by Gasteiger charge is 2.26. The Kier molecular flexibility index (Phi) is 4.31. The zero-order valence-electron chi connectivity index (χ0n) is 11.5. The Bertz CT molecular complexity index is 705. The highest BCUT2D eigenvalue weighted by atomic mass is 32.2. The van der Waals surface area contributed by atoms with Gasteiger partial charge in [-0.15, -0.1) is 11.3 Å². The molecule has 2 aromatic heterocycles. The van der Waals surface area contributed by atoms with Gasteiger partial charge < -0.3 is 10.6 Å². The molecule has 9 heteroatoms. The summed E-state index contributed by atoms with van der Waals surface area (Å²) in [5.74, 6) is 0.0930. The van der Waals surface area contributed by atoms with Crippen LogP contribution in [0.1, 0.15) is 17.5 Å². The molecule has 0 radical (unpaired) electrons. The number of nitrogens with zero attached hydrogens (tertiary/aromatic N) is 3. The minimum Gasteiger partial charge on any atom is -0.382 e. The summed E-state index contributed by atoms with van der Waals surface area (Å²) < 4.78 is 28.2. The summed E-state index contributed by atoms with van der Waals surface area (Å²) >= 11 is 2.66. The fourth-order valence-corrected chi connectivity index (χ4v) is 4.85. The fraction of sp³-hybridized carbons (Fsp3) is 0.455. The summed E-state index contributed by atoms with van der Waals surface area (Å²) in [6.45, 7) is 4.12. The molecule has 0 spiro atoms. The maximum atomic E-state index is 12.1. The Balaban J connectivity index is 2.37. The molecule has 0 saturated heterocycles. The lowest BCUT2D eigenvalue weighted by atomic mass is 10.4. The fourth-order valence-electron chi connectivity index (χ4n) is 1.73. The van der Waals surface area contributed by atoms with Crippen LogP contribution in [0, 0.1) is 6.92 Å². The largest absolute Gasteiger partial charge is 0.382 e. The number of rotatable bonds is 5. The van der Waals surface area contributed by atoms with E-state index in [2.05, 4.69) is 9.36 Å². The van der Waals surface area contributed by atoms with E-state index in [9.17, 15) is 8.42 Å². The van der Waals surface area contributed by atoms with Crippen LogP contribution in [-0.4, -0.2) is 30.6 Å². The molecule has 0 unspecified atom stereocenters. The molecule has 0 aliphatic heterocycles. The average molecular weight is 332 g/mol. The van der Waals surface area contributed by atoms with Gasteiger partial charge in [0.05, 0.1) is 23.5 Å². The van der Waals surface area contributed by atoms with Crippen LogP contribution in [0.5, 0.6) is 0 Å². The van der Waals surface area contributed by atoms with Crippen LogP contribution in [0.25, 0.3) is 0 Å². The van der Waals surface area contributed by atoms with Crippen molar-refractivity contribution in [2.75, 3.05) is 23.4 Å². The van der Waals surface area contributed by atoms with Crippen LogP contribution in [0.2, 0.25) is 0 Å². The topological polar surface area (TPSA) is 89.2 Å². The molecule has 0 amide bonds. The van der Waals surface area contributed by atoms with Gasteiger partial charge in [-0.3, -0.25) is 0 Å². The highest BCUT2D eigenvalue weighted by Crippen LogP contribution is 2.35. The minimum atomic E-state index is -3.38. The van der Waals surface area contributed by atoms with Gasteiger partial charge >= 0.3 is 0 Å². The van der Waals surface area contributed by atoms with E-state index in [1.165, 1.54) is 0 Å². The third-order valence-corrected chi connectivity index (χ3v) is 6.73. The van der Waals surface area contributed by atoms with Crippen LogP contribution >= 0.6 is 22.9 Å². The number of nitrogens with two attached hydrogens (primary N) is 1. The lowest BCUT2D eigenvalue weighted by Crippen LogP contribution is -2.18. The lowest BCUT2D eigenvalue weighted by Gasteiger charge is -2.17. The molecule has 2 rings (SSSR count). The lowest BCUT2D eigenvalue weighted by molar-refractivity contribution is 0.597. The van der Waals surface area contributed by atoms with Gasteiger partial charge in [-0.2, -0.15) is 4.37 Å². The zero-order chi connectivity index (χ0) is 14.9. The first-order valence-corrected chi connectivity index (χ1v) is 9.25. The van der Waals surface area contributed by atoms with Gasteiger partial charge in [0.15, 0.2) is 15.7 Å². The summed E-state index contributed by atoms with van der Waals surface area (Å²) in [6, 6.07) is 0. The maximum Gasteiger partial charge on any atom is 0.184 e. The second-order valence-electron chi connectivity index (χ2n) is 4.32. The number of thiazole rings is 1. The van der Waals surface area contributed by atoms with Crippen LogP contribution in [0.15, 0.2) is 10.4 Å². The van der Waals surface area contributed by atoms with Gasteiger partial charge in [0.1, 0.15) is 9.90 Å². The quantitative estimate of drug-likeness (QED) is 0.900. The van der Waals surface area contributed by atoms with Crippen molar-refractivity contribution in [1.82, 2.24) is 9.36 Å². The molecule has 110 valence electrons. The minimum absolute atomic E-state index is 0.00996. The van der Waals surface area contributed by atoms with Gasteiger partial charge in [-0.1, -0.05) is 6.92 Å². The Labute approximate surface area is 126 Å². The van der Waals surface area contributed by atoms with E-state index in [4.69, 9.17) is 5.73 Å². The van der Waals surface area contributed by atoms with Gasteiger partial charge in [-0.05, 0) is 18.5 Å². The number of anilines is 2. The van der Waals surface area contributed by atoms with Crippen molar-refractivity contribution in [2.45, 2.75) is 25.3 Å². The maximum absolute atomic E-state index is 12.1. The Morgan fingerprint density at radius 1 is 1.45 bits per heavy atom. The third kappa shape index (κ3) is 2.79. The second kappa shape index (κ2) is 5.66. The molecule has 2 aromatic rings. The molecule has 0 bridgehead atoms. The number of hydrogen-bond acceptors (Lipinski definition) is 8. The summed E-state index contributed by atoms with van der Waals surface area (Å²) in [6.07, 6.45) is 0. The van der Waals surface area contributed by atoms with E-state index in [0.29, 0.717) is 11.5 Å². The van der Waals surface area contributed by atoms with E-state index in [1.54, 1.807) is 23.8 Å². The SMILES string of the molecule is CCS(=O)(=O)c1c(N)nsc1N(C)Cc1scnc1C. The van der Waals surface area contributed by atoms with Gasteiger partial charge in [0.2, 0.25) is 0 Å². The molecule has 20 heavy (non-hydrogen) atoms. The monoisotopic (exact) mass is 332 g/mol. The third-order valence-electron chi connectivity index (χ3n) is 2.92. The average Bonchev–Trinajstić information content (AvgIpc) is 2.96. The van der Waals surface area contributed by atoms with Gasteiger partial charge in [-0.25, -0.2) is 13.4 Å². The Morgan fingerprint density at radius 2 is 2.15 bits per heavy atom. The van der Waals surface area contributed by atoms with Gasteiger partial charge in [0, 0.05) is 11.9 Å². The van der Waals surface area contributed by atoms with Crippen LogP contribution in [0.4, 0.5) is 10.8 Å². The predicted molar refractivity (Wildman–Crippen MR) is 83.2 cm³/mol. The first-order valence-electron chi connectivity index (χ1n) is 5.94. The number of aryl methyl sites for hydroxylation is 1. The molecule has 0 aliphatic carbocycles. The highest BCUT2D eigenvalue weighted by molar-refractivity contribution is 7.91. The number of nitrogen functional groups attached to an aromatic ring is 1. The molecule has 2 heterocycles. The van der Waals surface area contributed by atoms with E-state index in [1.807, 2.05) is 18.9 Å².